The van der Waals surface area contributed by atoms with Crippen molar-refractivity contribution in [3.63, 3.8) is 0 Å². The molecule has 0 unspecified atom stereocenters. The first kappa shape index (κ1) is 25.0. The number of fused-ring (bicyclic) bond motifs is 2. The van der Waals surface area contributed by atoms with E-state index in [0.717, 1.165) is 74.0 Å². The number of aromatic nitrogens is 5. The Kier molecular flexibility index (Phi) is 6.22. The van der Waals surface area contributed by atoms with E-state index in [4.69, 9.17) is 25.4 Å². The normalized spacial score (nSPS) is 24.8. The Labute approximate surface area is 222 Å². The number of pyridine rings is 1. The van der Waals surface area contributed by atoms with Gasteiger partial charge in [0, 0.05) is 43.1 Å². The van der Waals surface area contributed by atoms with Gasteiger partial charge in [0.1, 0.15) is 11.5 Å². The van der Waals surface area contributed by atoms with E-state index in [1.165, 1.54) is 0 Å². The van der Waals surface area contributed by atoms with Crippen LogP contribution < -0.4 is 20.9 Å². The molecule has 0 saturated carbocycles. The highest BCUT2D eigenvalue weighted by molar-refractivity contribution is 5.93. The second-order valence-electron chi connectivity index (χ2n) is 11.4. The van der Waals surface area contributed by atoms with Crippen molar-refractivity contribution in [3.8, 4) is 0 Å². The van der Waals surface area contributed by atoms with Gasteiger partial charge in [0.15, 0.2) is 17.0 Å². The number of nitrogens with zero attached hydrogens (tertiary/aromatic N) is 6. The van der Waals surface area contributed by atoms with E-state index < -0.39 is 0 Å². The number of nitrogens with two attached hydrogens (primary N) is 1. The van der Waals surface area contributed by atoms with Crippen molar-refractivity contribution in [1.29, 1.82) is 0 Å². The van der Waals surface area contributed by atoms with Crippen molar-refractivity contribution in [2.45, 2.75) is 71.1 Å². The van der Waals surface area contributed by atoms with E-state index >= 15 is 0 Å². The molecule has 11 nitrogen and oxygen atoms in total. The third-order valence-electron chi connectivity index (χ3n) is 8.52. The van der Waals surface area contributed by atoms with Gasteiger partial charge in [-0.3, -0.25) is 9.89 Å². The first-order chi connectivity index (χ1) is 18.3. The molecule has 3 atom stereocenters. The van der Waals surface area contributed by atoms with Crippen LogP contribution in [0, 0.1) is 5.41 Å². The molecule has 6 rings (SSSR count). The van der Waals surface area contributed by atoms with Crippen LogP contribution in [0.15, 0.2) is 18.3 Å². The lowest BCUT2D eigenvalue weighted by Crippen LogP contribution is -2.50. The maximum Gasteiger partial charge on any atom is 0.270 e. The molecule has 2 saturated heterocycles. The van der Waals surface area contributed by atoms with Crippen LogP contribution >= 0.6 is 0 Å². The molecule has 38 heavy (non-hydrogen) atoms. The van der Waals surface area contributed by atoms with E-state index in [9.17, 15) is 4.79 Å². The van der Waals surface area contributed by atoms with Crippen molar-refractivity contribution in [3.05, 3.63) is 29.7 Å². The summed E-state index contributed by atoms with van der Waals surface area (Å²) in [7, 11) is 0. The summed E-state index contributed by atoms with van der Waals surface area (Å²) >= 11 is 0. The Morgan fingerprint density at radius 2 is 2.00 bits per heavy atom. The van der Waals surface area contributed by atoms with Crippen molar-refractivity contribution < 1.29 is 9.53 Å². The molecule has 11 heteroatoms. The smallest absolute Gasteiger partial charge is 0.270 e. The van der Waals surface area contributed by atoms with Gasteiger partial charge >= 0.3 is 0 Å². The molecule has 4 N–H and O–H groups in total. The van der Waals surface area contributed by atoms with Crippen LogP contribution in [0.25, 0.3) is 11.2 Å². The molecule has 0 aliphatic carbocycles. The molecule has 2 fully saturated rings. The number of anilines is 3. The average Bonchev–Trinajstić information content (AvgIpc) is 3.45. The molecule has 1 amide bonds. The van der Waals surface area contributed by atoms with Crippen molar-refractivity contribution in [2.75, 3.05) is 36.0 Å². The molecule has 3 aliphatic rings. The van der Waals surface area contributed by atoms with Crippen molar-refractivity contribution in [2.24, 2.45) is 11.1 Å². The largest absolute Gasteiger partial charge is 0.376 e. The van der Waals surface area contributed by atoms with E-state index in [0.29, 0.717) is 11.3 Å². The first-order valence-corrected chi connectivity index (χ1v) is 13.7. The van der Waals surface area contributed by atoms with Gasteiger partial charge in [-0.2, -0.15) is 5.10 Å². The zero-order valence-corrected chi connectivity index (χ0v) is 22.6. The number of hydrogen-bond acceptors (Lipinski definition) is 9. The molecular formula is C27H37N9O2. The quantitative estimate of drug-likeness (QED) is 0.475. The molecule has 3 aromatic rings. The zero-order valence-electron chi connectivity index (χ0n) is 22.6. The van der Waals surface area contributed by atoms with Gasteiger partial charge < -0.3 is 25.6 Å². The lowest BCUT2D eigenvalue weighted by molar-refractivity contribution is 0.0937. The van der Waals surface area contributed by atoms with Crippen molar-refractivity contribution >= 4 is 34.4 Å². The number of amides is 1. The fourth-order valence-corrected chi connectivity index (χ4v) is 6.10. The van der Waals surface area contributed by atoms with Crippen LogP contribution in [0.1, 0.15) is 69.1 Å². The van der Waals surface area contributed by atoms with Gasteiger partial charge in [-0.25, -0.2) is 15.0 Å². The number of hydrogen-bond donors (Lipinski definition) is 3. The number of aromatic amines is 1. The molecule has 3 aliphatic heterocycles. The Hall–Kier alpha value is -3.31. The summed E-state index contributed by atoms with van der Waals surface area (Å²) in [6, 6.07) is 3.89. The van der Waals surface area contributed by atoms with Crippen LogP contribution in [-0.2, 0) is 4.74 Å². The van der Waals surface area contributed by atoms with Gasteiger partial charge in [-0.05, 0) is 52.2 Å². The second kappa shape index (κ2) is 9.46. The zero-order chi connectivity index (χ0) is 26.6. The number of piperidine rings is 1. The number of H-pyrrole nitrogens is 1. The van der Waals surface area contributed by atoms with Crippen LogP contribution in [0.5, 0.6) is 0 Å². The van der Waals surface area contributed by atoms with Gasteiger partial charge in [-0.1, -0.05) is 6.92 Å². The minimum atomic E-state index is -0.156. The number of carbonyl (C=O) groups is 1. The topological polar surface area (TPSA) is 138 Å². The van der Waals surface area contributed by atoms with Crippen molar-refractivity contribution in [1.82, 2.24) is 30.5 Å². The van der Waals surface area contributed by atoms with Crippen LogP contribution in [0.4, 0.5) is 17.3 Å². The van der Waals surface area contributed by atoms with Gasteiger partial charge in [-0.15, -0.1) is 0 Å². The Bertz CT molecular complexity index is 1350. The fraction of sp³-hybridized carbons (Fsp3) is 0.593. The number of carbonyl (C=O) groups excluding carboxylic acids is 1. The predicted molar refractivity (Wildman–Crippen MR) is 146 cm³/mol. The summed E-state index contributed by atoms with van der Waals surface area (Å²) in [5, 5.41) is 10.6. The average molecular weight is 520 g/mol. The summed E-state index contributed by atoms with van der Waals surface area (Å²) in [5.74, 6) is 1.66. The molecule has 0 bridgehead atoms. The highest BCUT2D eigenvalue weighted by Gasteiger charge is 2.47. The van der Waals surface area contributed by atoms with Crippen LogP contribution in [0.2, 0.25) is 0 Å². The maximum absolute atomic E-state index is 12.6. The van der Waals surface area contributed by atoms with Crippen LogP contribution in [0.3, 0.4) is 0 Å². The fourth-order valence-electron chi connectivity index (χ4n) is 6.10. The maximum atomic E-state index is 12.6. The molecule has 1 spiro atoms. The molecular weight excluding hydrogens is 482 g/mol. The van der Waals surface area contributed by atoms with E-state index in [2.05, 4.69) is 39.2 Å². The Morgan fingerprint density at radius 1 is 1.21 bits per heavy atom. The minimum absolute atomic E-state index is 0.0530. The number of rotatable bonds is 4. The summed E-state index contributed by atoms with van der Waals surface area (Å²) < 4.78 is 5.87. The SMILES string of the molecule is CC(C)NC(=O)c1ccc2c(n1)[C@H](C)CCN2c1n[nH]c2nc(N3CCC4(CC3)CO[C@@H](C)[C@H]4N)cnc12. The summed E-state index contributed by atoms with van der Waals surface area (Å²) in [5.41, 5.74) is 10.2. The predicted octanol–water partition coefficient (Wildman–Crippen LogP) is 2.86. The molecule has 0 aromatic carbocycles. The Morgan fingerprint density at radius 3 is 2.71 bits per heavy atom. The first-order valence-electron chi connectivity index (χ1n) is 13.7. The number of nitrogens with one attached hydrogen (secondary N) is 2. The van der Waals surface area contributed by atoms with Crippen LogP contribution in [-0.4, -0.2) is 75.5 Å². The molecule has 6 heterocycles. The summed E-state index contributed by atoms with van der Waals surface area (Å²) in [6.07, 6.45) is 4.83. The van der Waals surface area contributed by atoms with Gasteiger partial charge in [0.05, 0.1) is 30.3 Å². The highest BCUT2D eigenvalue weighted by Crippen LogP contribution is 2.42. The number of ether oxygens (including phenoxy) is 1. The Balaban J connectivity index is 1.24. The third kappa shape index (κ3) is 4.17. The van der Waals surface area contributed by atoms with E-state index in [1.807, 2.05) is 26.1 Å². The second-order valence-corrected chi connectivity index (χ2v) is 11.4. The lowest BCUT2D eigenvalue weighted by Gasteiger charge is -2.41. The van der Waals surface area contributed by atoms with E-state index in [1.54, 1.807) is 6.07 Å². The molecule has 0 radical (unpaired) electrons. The minimum Gasteiger partial charge on any atom is -0.376 e. The van der Waals surface area contributed by atoms with Gasteiger partial charge in [0.25, 0.3) is 5.91 Å². The van der Waals surface area contributed by atoms with E-state index in [-0.39, 0.29) is 35.4 Å². The summed E-state index contributed by atoms with van der Waals surface area (Å²) in [6.45, 7) is 11.4. The lowest BCUT2D eigenvalue weighted by atomic mass is 9.73. The monoisotopic (exact) mass is 519 g/mol. The van der Waals surface area contributed by atoms with Gasteiger partial charge in [0.2, 0.25) is 0 Å². The third-order valence-corrected chi connectivity index (χ3v) is 8.52. The molecule has 3 aromatic heterocycles. The summed E-state index contributed by atoms with van der Waals surface area (Å²) in [4.78, 5) is 31.4. The standard InChI is InChI=1S/C27H37N9O2/c1-15(2)30-26(37)18-5-6-19-21(31-18)16(3)7-10-36(19)25-22-24(33-34-25)32-20(13-29-22)35-11-8-27(9-12-35)14-38-17(4)23(27)28/h5-6,13,15-17,23H,7-12,14,28H2,1-4H3,(H,30,37)(H,32,33,34)/t16-,17+,23-/m1/s1. The molecule has 202 valence electrons. The highest BCUT2D eigenvalue weighted by atomic mass is 16.5.